The molecule has 2 rings (SSSR count). The van der Waals surface area contributed by atoms with E-state index >= 15 is 0 Å². The number of nitrogens with zero attached hydrogens (tertiary/aromatic N) is 1. The fraction of sp³-hybridized carbons (Fsp3) is 0.294. The highest BCUT2D eigenvalue weighted by Gasteiger charge is 2.25. The van der Waals surface area contributed by atoms with Crippen molar-refractivity contribution in [2.75, 3.05) is 12.4 Å². The van der Waals surface area contributed by atoms with Crippen LogP contribution in [0.1, 0.15) is 35.5 Å². The zero-order valence-corrected chi connectivity index (χ0v) is 15.3. The van der Waals surface area contributed by atoms with Gasteiger partial charge in [0.2, 0.25) is 0 Å². The number of esters is 1. The summed E-state index contributed by atoms with van der Waals surface area (Å²) in [6.07, 6.45) is 0.998. The van der Waals surface area contributed by atoms with Crippen LogP contribution < -0.4 is 0 Å². The van der Waals surface area contributed by atoms with Crippen LogP contribution >= 0.6 is 34.7 Å². The average molecular weight is 366 g/mol. The molecular weight excluding hydrogens is 350 g/mol. The van der Waals surface area contributed by atoms with Gasteiger partial charge in [-0.15, -0.1) is 23.1 Å². The van der Waals surface area contributed by atoms with Crippen molar-refractivity contribution < 1.29 is 9.53 Å². The topological polar surface area (TPSA) is 50.1 Å². The fourth-order valence-corrected chi connectivity index (χ4v) is 4.48. The maximum atomic E-state index is 12.3. The molecule has 0 atom stereocenters. The fourth-order valence-electron chi connectivity index (χ4n) is 2.04. The molecule has 0 unspecified atom stereocenters. The molecule has 3 nitrogen and oxygen atoms in total. The van der Waals surface area contributed by atoms with E-state index in [0.717, 1.165) is 21.9 Å². The van der Waals surface area contributed by atoms with Crippen molar-refractivity contribution in [1.29, 1.82) is 5.26 Å². The summed E-state index contributed by atoms with van der Waals surface area (Å²) in [7, 11) is 0. The van der Waals surface area contributed by atoms with Gasteiger partial charge in [-0.05, 0) is 36.8 Å². The van der Waals surface area contributed by atoms with Gasteiger partial charge in [-0.25, -0.2) is 4.79 Å². The van der Waals surface area contributed by atoms with Crippen molar-refractivity contribution in [2.24, 2.45) is 0 Å². The van der Waals surface area contributed by atoms with E-state index in [9.17, 15) is 10.1 Å². The molecule has 2 aromatic rings. The third kappa shape index (κ3) is 4.08. The average Bonchev–Trinajstić information content (AvgIpc) is 2.92. The van der Waals surface area contributed by atoms with E-state index in [1.165, 1.54) is 11.3 Å². The molecule has 0 aliphatic heterocycles. The first-order chi connectivity index (χ1) is 11.1. The van der Waals surface area contributed by atoms with Gasteiger partial charge in [-0.1, -0.05) is 30.7 Å². The summed E-state index contributed by atoms with van der Waals surface area (Å²) in [6, 6.07) is 9.40. The Morgan fingerprint density at radius 2 is 2.04 bits per heavy atom. The number of hydrogen-bond acceptors (Lipinski definition) is 5. The van der Waals surface area contributed by atoms with Crippen molar-refractivity contribution in [3.05, 3.63) is 39.7 Å². The van der Waals surface area contributed by atoms with E-state index in [1.54, 1.807) is 30.8 Å². The van der Waals surface area contributed by atoms with E-state index in [-0.39, 0.29) is 5.97 Å². The van der Waals surface area contributed by atoms with Crippen LogP contribution in [0.15, 0.2) is 28.5 Å². The number of carbonyl (C=O) groups excluding carboxylic acids is 1. The molecule has 0 radical (unpaired) electrons. The van der Waals surface area contributed by atoms with Gasteiger partial charge < -0.3 is 4.74 Å². The molecular formula is C17H16ClNO2S2. The number of ether oxygens (including phenoxy) is 1. The van der Waals surface area contributed by atoms with Crippen LogP contribution in [0.25, 0.3) is 11.1 Å². The first-order valence-electron chi connectivity index (χ1n) is 7.25. The summed E-state index contributed by atoms with van der Waals surface area (Å²) in [5.74, 6) is 0.514. The molecule has 0 amide bonds. The first kappa shape index (κ1) is 17.9. The number of halogens is 1. The third-order valence-corrected chi connectivity index (χ3v) is 5.92. The highest BCUT2D eigenvalue weighted by molar-refractivity contribution is 8.01. The van der Waals surface area contributed by atoms with Crippen molar-refractivity contribution in [3.63, 3.8) is 0 Å². The molecule has 1 heterocycles. The van der Waals surface area contributed by atoms with Gasteiger partial charge in [0.15, 0.2) is 0 Å². The number of thiophene rings is 1. The molecule has 23 heavy (non-hydrogen) atoms. The summed E-state index contributed by atoms with van der Waals surface area (Å²) in [5.41, 5.74) is 1.98. The Hall–Kier alpha value is -1.48. The molecule has 0 bridgehead atoms. The quantitative estimate of drug-likeness (QED) is 0.492. The monoisotopic (exact) mass is 365 g/mol. The lowest BCUT2D eigenvalue weighted by atomic mass is 10.0. The van der Waals surface area contributed by atoms with E-state index in [1.807, 2.05) is 12.1 Å². The smallest absolute Gasteiger partial charge is 0.349 e. The Morgan fingerprint density at radius 3 is 2.61 bits per heavy atom. The minimum Gasteiger partial charge on any atom is -0.462 e. The van der Waals surface area contributed by atoms with Gasteiger partial charge in [-0.2, -0.15) is 5.26 Å². The normalized spacial score (nSPS) is 10.3. The van der Waals surface area contributed by atoms with Crippen LogP contribution in [-0.2, 0) is 4.74 Å². The summed E-state index contributed by atoms with van der Waals surface area (Å²) in [5, 5.41) is 10.2. The maximum Gasteiger partial charge on any atom is 0.349 e. The van der Waals surface area contributed by atoms with Crippen LogP contribution in [-0.4, -0.2) is 18.3 Å². The van der Waals surface area contributed by atoms with Crippen LogP contribution in [0, 0.1) is 11.3 Å². The van der Waals surface area contributed by atoms with Crippen LogP contribution in [0.5, 0.6) is 0 Å². The molecule has 6 heteroatoms. The largest absolute Gasteiger partial charge is 0.462 e. The SMILES string of the molecule is CCCSc1sc(C(=O)OCC)c(-c2ccc(Cl)cc2)c1C#N. The van der Waals surface area contributed by atoms with Crippen molar-refractivity contribution in [2.45, 2.75) is 24.5 Å². The second-order valence-electron chi connectivity index (χ2n) is 4.66. The molecule has 0 spiro atoms. The van der Waals surface area contributed by atoms with Crippen molar-refractivity contribution >= 4 is 40.7 Å². The van der Waals surface area contributed by atoms with Crippen molar-refractivity contribution in [1.82, 2.24) is 0 Å². The summed E-state index contributed by atoms with van der Waals surface area (Å²) >= 11 is 8.87. The Kier molecular flexibility index (Phi) is 6.52. The molecule has 0 aliphatic carbocycles. The number of rotatable bonds is 6. The molecule has 1 aromatic heterocycles. The van der Waals surface area contributed by atoms with Gasteiger partial charge in [0, 0.05) is 10.6 Å². The summed E-state index contributed by atoms with van der Waals surface area (Å²) < 4.78 is 6.02. The first-order valence-corrected chi connectivity index (χ1v) is 9.43. The number of thioether (sulfide) groups is 1. The van der Waals surface area contributed by atoms with E-state index < -0.39 is 0 Å². The Morgan fingerprint density at radius 1 is 1.35 bits per heavy atom. The minimum atomic E-state index is -0.387. The summed E-state index contributed by atoms with van der Waals surface area (Å²) in [4.78, 5) is 12.8. The zero-order valence-electron chi connectivity index (χ0n) is 12.9. The molecule has 0 saturated heterocycles. The van der Waals surface area contributed by atoms with Crippen molar-refractivity contribution in [3.8, 4) is 17.2 Å². The van der Waals surface area contributed by atoms with Gasteiger partial charge in [0.1, 0.15) is 10.9 Å². The number of benzene rings is 1. The summed E-state index contributed by atoms with van der Waals surface area (Å²) in [6.45, 7) is 4.15. The van der Waals surface area contributed by atoms with Crippen LogP contribution in [0.2, 0.25) is 5.02 Å². The Balaban J connectivity index is 2.60. The number of carbonyl (C=O) groups is 1. The third-order valence-electron chi connectivity index (χ3n) is 3.02. The molecule has 0 N–H and O–H groups in total. The predicted octanol–water partition coefficient (Wildman–Crippen LogP) is 5.62. The van der Waals surface area contributed by atoms with Gasteiger partial charge in [-0.3, -0.25) is 0 Å². The Labute approximate surface area is 149 Å². The Bertz CT molecular complexity index is 732. The lowest BCUT2D eigenvalue weighted by molar-refractivity contribution is 0.0533. The number of nitriles is 1. The minimum absolute atomic E-state index is 0.302. The second-order valence-corrected chi connectivity index (χ2v) is 7.48. The van der Waals surface area contributed by atoms with Gasteiger partial charge in [0.25, 0.3) is 0 Å². The van der Waals surface area contributed by atoms with E-state index in [4.69, 9.17) is 16.3 Å². The molecule has 0 fully saturated rings. The van der Waals surface area contributed by atoms with E-state index in [0.29, 0.717) is 27.6 Å². The highest BCUT2D eigenvalue weighted by atomic mass is 35.5. The molecule has 120 valence electrons. The predicted molar refractivity (Wildman–Crippen MR) is 96.5 cm³/mol. The highest BCUT2D eigenvalue weighted by Crippen LogP contribution is 2.42. The lowest BCUT2D eigenvalue weighted by Gasteiger charge is -2.05. The number of hydrogen-bond donors (Lipinski definition) is 0. The second kappa shape index (κ2) is 8.39. The lowest BCUT2D eigenvalue weighted by Crippen LogP contribution is -2.04. The standard InChI is InChI=1S/C17H16ClNO2S2/c1-3-9-22-17-13(10-19)14(11-5-7-12(18)8-6-11)15(23-17)16(20)21-4-2/h5-8H,3-4,9H2,1-2H3. The molecule has 0 saturated carbocycles. The molecule has 1 aromatic carbocycles. The van der Waals surface area contributed by atoms with Crippen LogP contribution in [0.4, 0.5) is 0 Å². The van der Waals surface area contributed by atoms with Crippen LogP contribution in [0.3, 0.4) is 0 Å². The van der Waals surface area contributed by atoms with Gasteiger partial charge >= 0.3 is 5.97 Å². The maximum absolute atomic E-state index is 12.3. The van der Waals surface area contributed by atoms with E-state index in [2.05, 4.69) is 13.0 Å². The zero-order chi connectivity index (χ0) is 16.8. The van der Waals surface area contributed by atoms with Gasteiger partial charge in [0.05, 0.1) is 16.4 Å². The molecule has 0 aliphatic rings.